The van der Waals surface area contributed by atoms with Gasteiger partial charge in [-0.25, -0.2) is 0 Å². The Kier molecular flexibility index (Phi) is 8.75. The Hall–Kier alpha value is -2.06. The van der Waals surface area contributed by atoms with Gasteiger partial charge < -0.3 is 28.8 Å². The van der Waals surface area contributed by atoms with Gasteiger partial charge in [0.1, 0.15) is 0 Å². The third-order valence-corrected chi connectivity index (χ3v) is 7.84. The molecular weight excluding hydrogens is 468 g/mol. The third kappa shape index (κ3) is 6.51. The van der Waals surface area contributed by atoms with Crippen LogP contribution < -0.4 is 0 Å². The number of ether oxygens (including phenoxy) is 5. The topological polar surface area (TPSA) is 66.4 Å². The van der Waals surface area contributed by atoms with E-state index in [0.717, 1.165) is 36.8 Å². The molecule has 2 aromatic carbocycles. The molecule has 0 aliphatic carbocycles. The first-order valence-electron chi connectivity index (χ1n) is 13.7. The average molecular weight is 509 g/mol. The van der Waals surface area contributed by atoms with Crippen molar-refractivity contribution in [2.75, 3.05) is 13.2 Å². The lowest BCUT2D eigenvalue weighted by Gasteiger charge is -2.48. The number of aliphatic hydroxyl groups excluding tert-OH is 1. The Morgan fingerprint density at radius 1 is 0.919 bits per heavy atom. The third-order valence-electron chi connectivity index (χ3n) is 7.84. The second kappa shape index (κ2) is 12.2. The Morgan fingerprint density at radius 2 is 1.65 bits per heavy atom. The van der Waals surface area contributed by atoms with Gasteiger partial charge in [0.05, 0.1) is 31.5 Å². The molecule has 0 aromatic heterocycles. The van der Waals surface area contributed by atoms with Crippen LogP contribution in [0.2, 0.25) is 0 Å². The van der Waals surface area contributed by atoms with E-state index in [1.807, 2.05) is 42.5 Å². The van der Waals surface area contributed by atoms with E-state index in [4.69, 9.17) is 23.7 Å². The van der Waals surface area contributed by atoms with E-state index in [2.05, 4.69) is 37.3 Å². The first-order chi connectivity index (χ1) is 18.1. The van der Waals surface area contributed by atoms with E-state index < -0.39 is 11.6 Å². The molecule has 0 saturated carbocycles. The number of aliphatic hydroxyl groups is 1. The molecule has 3 heterocycles. The molecule has 0 bridgehead atoms. The second-order valence-electron chi connectivity index (χ2n) is 10.6. The minimum Gasteiger partial charge on any atom is -0.396 e. The molecule has 1 N–H and O–H groups in total. The molecule has 37 heavy (non-hydrogen) atoms. The molecule has 2 spiro atoms. The van der Waals surface area contributed by atoms with Crippen LogP contribution in [0, 0.1) is 5.92 Å². The molecule has 2 saturated heterocycles. The van der Waals surface area contributed by atoms with Crippen LogP contribution in [0.5, 0.6) is 0 Å². The fourth-order valence-corrected chi connectivity index (χ4v) is 5.77. The van der Waals surface area contributed by atoms with Gasteiger partial charge in [-0.3, -0.25) is 0 Å². The Labute approximate surface area is 220 Å². The van der Waals surface area contributed by atoms with Crippen LogP contribution in [0.3, 0.4) is 0 Å². The molecule has 200 valence electrons. The van der Waals surface area contributed by atoms with Crippen molar-refractivity contribution in [3.8, 4) is 0 Å². The molecule has 0 unspecified atom stereocenters. The van der Waals surface area contributed by atoms with E-state index in [1.54, 1.807) is 0 Å². The molecular formula is C31H40O6. The zero-order valence-corrected chi connectivity index (χ0v) is 21.8. The van der Waals surface area contributed by atoms with Gasteiger partial charge >= 0.3 is 0 Å². The summed E-state index contributed by atoms with van der Waals surface area (Å²) in [5.41, 5.74) is 2.32. The van der Waals surface area contributed by atoms with Crippen molar-refractivity contribution < 1.29 is 28.8 Å². The summed E-state index contributed by atoms with van der Waals surface area (Å²) in [6, 6.07) is 20.5. The molecule has 0 amide bonds. The lowest BCUT2D eigenvalue weighted by atomic mass is 9.85. The second-order valence-corrected chi connectivity index (χ2v) is 10.6. The smallest absolute Gasteiger partial charge is 0.176 e. The Bertz CT molecular complexity index is 997. The fourth-order valence-electron chi connectivity index (χ4n) is 5.77. The van der Waals surface area contributed by atoms with E-state index in [0.29, 0.717) is 32.7 Å². The van der Waals surface area contributed by atoms with Gasteiger partial charge in [0.15, 0.2) is 11.6 Å². The zero-order chi connectivity index (χ0) is 25.6. The number of rotatable bonds is 10. The highest BCUT2D eigenvalue weighted by molar-refractivity contribution is 5.14. The summed E-state index contributed by atoms with van der Waals surface area (Å²) >= 11 is 0. The minimum absolute atomic E-state index is 0.0457. The van der Waals surface area contributed by atoms with Crippen LogP contribution in [0.15, 0.2) is 72.8 Å². The molecule has 6 nitrogen and oxygen atoms in total. The van der Waals surface area contributed by atoms with Gasteiger partial charge in [0.25, 0.3) is 0 Å². The number of hydrogen-bond donors (Lipinski definition) is 1. The monoisotopic (exact) mass is 508 g/mol. The van der Waals surface area contributed by atoms with Crippen LogP contribution in [0.1, 0.15) is 56.6 Å². The molecule has 6 atom stereocenters. The van der Waals surface area contributed by atoms with Gasteiger partial charge in [0.2, 0.25) is 0 Å². The van der Waals surface area contributed by atoms with Crippen molar-refractivity contribution in [1.82, 2.24) is 0 Å². The predicted molar refractivity (Wildman–Crippen MR) is 141 cm³/mol. The van der Waals surface area contributed by atoms with E-state index in [-0.39, 0.29) is 30.8 Å². The lowest BCUT2D eigenvalue weighted by Crippen LogP contribution is -2.55. The highest BCUT2D eigenvalue weighted by Crippen LogP contribution is 2.51. The van der Waals surface area contributed by atoms with Gasteiger partial charge in [-0.1, -0.05) is 79.7 Å². The summed E-state index contributed by atoms with van der Waals surface area (Å²) in [6.45, 7) is 4.00. The van der Waals surface area contributed by atoms with Gasteiger partial charge in [-0.05, 0) is 24.0 Å². The molecule has 3 aliphatic heterocycles. The zero-order valence-electron chi connectivity index (χ0n) is 21.8. The summed E-state index contributed by atoms with van der Waals surface area (Å²) < 4.78 is 32.4. The maximum atomic E-state index is 9.40. The maximum absolute atomic E-state index is 9.40. The lowest BCUT2D eigenvalue weighted by molar-refractivity contribution is -0.375. The molecule has 2 aromatic rings. The molecule has 2 fully saturated rings. The summed E-state index contributed by atoms with van der Waals surface area (Å²) in [6.07, 6.45) is 8.24. The van der Waals surface area contributed by atoms with E-state index in [9.17, 15) is 5.11 Å². The molecule has 6 heteroatoms. The standard InChI is InChI=1S/C31H40O6/c1-24-21-29(34-23-26-11-6-3-7-12-26)28(15-20-33-22-25-9-4-2-5-10-25)36-31(24)18-17-30(37-31)16-8-13-27(35-30)14-19-32/h2-13,24,27-29,32H,14-23H2,1H3/t24-,27+,28-,29-,30+,31-/m1/s1. The summed E-state index contributed by atoms with van der Waals surface area (Å²) in [5.74, 6) is -1.24. The predicted octanol–water partition coefficient (Wildman–Crippen LogP) is 5.53. The molecule has 0 radical (unpaired) electrons. The van der Waals surface area contributed by atoms with Crippen LogP contribution in [0.25, 0.3) is 0 Å². The number of hydrogen-bond acceptors (Lipinski definition) is 6. The fraction of sp³-hybridized carbons (Fsp3) is 0.548. The van der Waals surface area contributed by atoms with Gasteiger partial charge in [-0.2, -0.15) is 0 Å². The van der Waals surface area contributed by atoms with Crippen molar-refractivity contribution in [2.45, 2.75) is 88.5 Å². The summed E-state index contributed by atoms with van der Waals surface area (Å²) in [4.78, 5) is 0. The summed E-state index contributed by atoms with van der Waals surface area (Å²) in [5, 5.41) is 9.40. The molecule has 3 aliphatic rings. The maximum Gasteiger partial charge on any atom is 0.176 e. The van der Waals surface area contributed by atoms with E-state index >= 15 is 0 Å². The Balaban J connectivity index is 1.25. The SMILES string of the molecule is C[C@@H]1C[C@@H](OCc2ccccc2)[C@@H](CCOCc2ccccc2)O[C@@]12CC[C@]1(CC=C[C@@H](CCO)O1)O2. The Morgan fingerprint density at radius 3 is 2.38 bits per heavy atom. The number of benzene rings is 2. The van der Waals surface area contributed by atoms with Crippen molar-refractivity contribution in [3.63, 3.8) is 0 Å². The van der Waals surface area contributed by atoms with Crippen LogP contribution in [-0.2, 0) is 36.9 Å². The van der Waals surface area contributed by atoms with Crippen LogP contribution >= 0.6 is 0 Å². The van der Waals surface area contributed by atoms with Gasteiger partial charge in [-0.15, -0.1) is 0 Å². The van der Waals surface area contributed by atoms with Crippen LogP contribution in [-0.4, -0.2) is 48.2 Å². The van der Waals surface area contributed by atoms with E-state index in [1.165, 1.54) is 0 Å². The van der Waals surface area contributed by atoms with Gasteiger partial charge in [0, 0.05) is 44.8 Å². The first kappa shape index (κ1) is 26.5. The quantitative estimate of drug-likeness (QED) is 0.336. The highest BCUT2D eigenvalue weighted by Gasteiger charge is 2.58. The minimum atomic E-state index is -0.703. The highest BCUT2D eigenvalue weighted by atomic mass is 16.8. The van der Waals surface area contributed by atoms with Crippen molar-refractivity contribution in [3.05, 3.63) is 83.9 Å². The van der Waals surface area contributed by atoms with Crippen molar-refractivity contribution in [2.24, 2.45) is 5.92 Å². The van der Waals surface area contributed by atoms with Crippen molar-refractivity contribution in [1.29, 1.82) is 0 Å². The molecule has 5 rings (SSSR count). The normalized spacial score (nSPS) is 33.4. The van der Waals surface area contributed by atoms with Crippen LogP contribution in [0.4, 0.5) is 0 Å². The largest absolute Gasteiger partial charge is 0.396 e. The first-order valence-corrected chi connectivity index (χ1v) is 13.7. The average Bonchev–Trinajstić information content (AvgIpc) is 3.27. The summed E-state index contributed by atoms with van der Waals surface area (Å²) in [7, 11) is 0. The van der Waals surface area contributed by atoms with Crippen molar-refractivity contribution >= 4 is 0 Å².